The van der Waals surface area contributed by atoms with Gasteiger partial charge in [-0.2, -0.15) is 20.3 Å². The molecule has 0 rings (SSSR count). The maximum Gasteiger partial charge on any atom is 1.00 e. The molecule has 0 aromatic carbocycles. The topological polar surface area (TPSA) is 0 Å². The molecular formula is C5H11Na. The van der Waals surface area contributed by atoms with Crippen molar-refractivity contribution >= 4 is 0 Å². The van der Waals surface area contributed by atoms with Crippen molar-refractivity contribution < 1.29 is 29.6 Å². The third-order valence-corrected chi connectivity index (χ3v) is 0.707. The van der Waals surface area contributed by atoms with Crippen molar-refractivity contribution in [1.82, 2.24) is 0 Å². The zero-order valence-electron chi connectivity index (χ0n) is 5.21. The van der Waals surface area contributed by atoms with Crippen LogP contribution in [0.15, 0.2) is 0 Å². The summed E-state index contributed by atoms with van der Waals surface area (Å²) in [6.45, 7) is 6.44. The molecule has 0 aromatic heterocycles. The Morgan fingerprint density at radius 1 is 1.33 bits per heavy atom. The van der Waals surface area contributed by atoms with E-state index in [9.17, 15) is 0 Å². The fourth-order valence-electron chi connectivity index (χ4n) is 0. The monoisotopic (exact) mass is 94.1 g/mol. The van der Waals surface area contributed by atoms with E-state index >= 15 is 0 Å². The second kappa shape index (κ2) is 6.00. The van der Waals surface area contributed by atoms with E-state index in [0.717, 1.165) is 0 Å². The van der Waals surface area contributed by atoms with Gasteiger partial charge < -0.3 is 5.92 Å². The maximum atomic E-state index is 2.16. The molecule has 0 nitrogen and oxygen atoms in total. The number of hydrogen-bond acceptors (Lipinski definition) is 0. The quantitative estimate of drug-likeness (QED) is 0.289. The van der Waals surface area contributed by atoms with E-state index in [-0.39, 0.29) is 29.6 Å². The molecule has 0 bridgehead atoms. The fraction of sp³-hybridized carbons (Fsp3) is 0.800. The van der Waals surface area contributed by atoms with Crippen LogP contribution in [-0.2, 0) is 0 Å². The molecule has 0 aliphatic carbocycles. The van der Waals surface area contributed by atoms with Crippen molar-refractivity contribution in [3.8, 4) is 0 Å². The molecule has 0 heterocycles. The van der Waals surface area contributed by atoms with E-state index in [1.165, 1.54) is 12.3 Å². The Labute approximate surface area is 62.6 Å². The van der Waals surface area contributed by atoms with Gasteiger partial charge in [0.2, 0.25) is 0 Å². The van der Waals surface area contributed by atoms with Crippen LogP contribution < -0.4 is 29.6 Å². The van der Waals surface area contributed by atoms with E-state index in [1.807, 2.05) is 0 Å². The van der Waals surface area contributed by atoms with Gasteiger partial charge in [-0.05, 0) is 0 Å². The predicted molar refractivity (Wildman–Crippen MR) is 24.9 cm³/mol. The average molecular weight is 94.1 g/mol. The van der Waals surface area contributed by atoms with Gasteiger partial charge in [0.1, 0.15) is 0 Å². The van der Waals surface area contributed by atoms with E-state index < -0.39 is 0 Å². The fourth-order valence-corrected chi connectivity index (χ4v) is 0. The van der Waals surface area contributed by atoms with Gasteiger partial charge in [-0.1, -0.05) is 6.92 Å². The van der Waals surface area contributed by atoms with Gasteiger partial charge in [0.05, 0.1) is 0 Å². The molecule has 1 heteroatoms. The third-order valence-electron chi connectivity index (χ3n) is 0.707. The molecule has 0 atom stereocenters. The minimum Gasteiger partial charge on any atom is -0.320 e. The Bertz CT molecular complexity index is 17.9. The molecule has 6 heavy (non-hydrogen) atoms. The predicted octanol–water partition coefficient (Wildman–Crippen LogP) is -0.985. The molecule has 0 N–H and O–H groups in total. The minimum absolute atomic E-state index is 0. The van der Waals surface area contributed by atoms with Gasteiger partial charge in [-0.3, -0.25) is 0 Å². The summed E-state index contributed by atoms with van der Waals surface area (Å²) in [6, 6.07) is 0. The first-order chi connectivity index (χ1) is 2.27. The first-order valence-electron chi connectivity index (χ1n) is 2.06. The van der Waals surface area contributed by atoms with Gasteiger partial charge in [0.25, 0.3) is 0 Å². The second-order valence-electron chi connectivity index (χ2n) is 1.56. The van der Waals surface area contributed by atoms with Crippen LogP contribution in [0.1, 0.15) is 27.2 Å². The summed E-state index contributed by atoms with van der Waals surface area (Å²) in [4.78, 5) is 0. The molecule has 32 valence electrons. The molecule has 0 aliphatic rings. The Morgan fingerprint density at radius 2 is 1.50 bits per heavy atom. The Kier molecular flexibility index (Phi) is 10.1. The summed E-state index contributed by atoms with van der Waals surface area (Å²) in [7, 11) is 0. The van der Waals surface area contributed by atoms with Crippen molar-refractivity contribution in [1.29, 1.82) is 0 Å². The summed E-state index contributed by atoms with van der Waals surface area (Å²) >= 11 is 0. The van der Waals surface area contributed by atoms with Crippen LogP contribution in [-0.4, -0.2) is 0 Å². The van der Waals surface area contributed by atoms with Crippen molar-refractivity contribution in [3.63, 3.8) is 0 Å². The van der Waals surface area contributed by atoms with Crippen LogP contribution in [0.3, 0.4) is 0 Å². The molecule has 0 unspecified atom stereocenters. The van der Waals surface area contributed by atoms with Crippen molar-refractivity contribution in [3.05, 3.63) is 5.92 Å². The number of hydrogen-bond donors (Lipinski definition) is 0. The third kappa shape index (κ3) is 8.89. The van der Waals surface area contributed by atoms with Crippen LogP contribution in [0.2, 0.25) is 0 Å². The molecule has 0 fully saturated rings. The zero-order valence-corrected chi connectivity index (χ0v) is 7.21. The largest absolute Gasteiger partial charge is 1.00 e. The summed E-state index contributed by atoms with van der Waals surface area (Å²) < 4.78 is 0. The van der Waals surface area contributed by atoms with E-state index in [0.29, 0.717) is 0 Å². The van der Waals surface area contributed by atoms with Crippen LogP contribution >= 0.6 is 0 Å². The first-order valence-corrected chi connectivity index (χ1v) is 2.06. The Morgan fingerprint density at radius 3 is 1.50 bits per heavy atom. The molecule has 0 aromatic rings. The normalized spacial score (nSPS) is 8.00. The van der Waals surface area contributed by atoms with E-state index in [2.05, 4.69) is 20.8 Å². The van der Waals surface area contributed by atoms with Crippen molar-refractivity contribution in [2.24, 2.45) is 0 Å². The minimum atomic E-state index is 0. The molecule has 0 radical (unpaired) electrons. The summed E-state index contributed by atoms with van der Waals surface area (Å²) in [5.74, 6) is 1.50. The Balaban J connectivity index is 0. The SMILES string of the molecule is CC[C-](C)C.[Na+]. The van der Waals surface area contributed by atoms with Crippen LogP contribution in [0.5, 0.6) is 0 Å². The summed E-state index contributed by atoms with van der Waals surface area (Å²) in [6.07, 6.45) is 1.22. The van der Waals surface area contributed by atoms with Gasteiger partial charge in [0, 0.05) is 0 Å². The van der Waals surface area contributed by atoms with Gasteiger partial charge in [-0.25, -0.2) is 0 Å². The summed E-state index contributed by atoms with van der Waals surface area (Å²) in [5, 5.41) is 0. The second-order valence-corrected chi connectivity index (χ2v) is 1.56. The van der Waals surface area contributed by atoms with Crippen molar-refractivity contribution in [2.45, 2.75) is 27.2 Å². The zero-order chi connectivity index (χ0) is 4.28. The van der Waals surface area contributed by atoms with Crippen LogP contribution in [0.25, 0.3) is 0 Å². The molecule has 0 saturated heterocycles. The Hall–Kier alpha value is 1.00. The molecule has 0 spiro atoms. The standard InChI is InChI=1S/C5H11.Na/c1-4-5(2)3;/h4H2,1-3H3;/q-1;+1. The molecule has 0 saturated carbocycles. The maximum absolute atomic E-state index is 2.16. The van der Waals surface area contributed by atoms with Crippen molar-refractivity contribution in [2.75, 3.05) is 0 Å². The smallest absolute Gasteiger partial charge is 0.320 e. The summed E-state index contributed by atoms with van der Waals surface area (Å²) in [5.41, 5.74) is 0. The molecular weight excluding hydrogens is 83.0 g/mol. The van der Waals surface area contributed by atoms with Gasteiger partial charge >= 0.3 is 29.6 Å². The first kappa shape index (κ1) is 10.1. The van der Waals surface area contributed by atoms with E-state index in [4.69, 9.17) is 0 Å². The molecule has 0 amide bonds. The van der Waals surface area contributed by atoms with Gasteiger partial charge in [0.15, 0.2) is 0 Å². The van der Waals surface area contributed by atoms with Crippen LogP contribution in [0, 0.1) is 5.92 Å². The average Bonchev–Trinajstić information content (AvgIpc) is 1.38. The number of rotatable bonds is 1. The van der Waals surface area contributed by atoms with Crippen LogP contribution in [0.4, 0.5) is 0 Å². The van der Waals surface area contributed by atoms with E-state index in [1.54, 1.807) is 0 Å². The molecule has 0 aliphatic heterocycles. The van der Waals surface area contributed by atoms with Gasteiger partial charge in [-0.15, -0.1) is 0 Å².